The molecule has 2 heterocycles. The fraction of sp³-hybridized carbons (Fsp3) is 0.231. The normalized spacial score (nSPS) is 13.4. The lowest BCUT2D eigenvalue weighted by molar-refractivity contribution is 1.07. The molecule has 1 N–H and O–H groups in total. The third-order valence-electron chi connectivity index (χ3n) is 2.98. The van der Waals surface area contributed by atoms with Crippen molar-refractivity contribution >= 4 is 45.1 Å². The van der Waals surface area contributed by atoms with Gasteiger partial charge in [-0.25, -0.2) is 9.97 Å². The zero-order valence-electron chi connectivity index (χ0n) is 10.2. The van der Waals surface area contributed by atoms with E-state index in [-0.39, 0.29) is 0 Å². The first kappa shape index (κ1) is 13.2. The molecule has 3 nitrogen and oxygen atoms in total. The molecule has 1 aromatic carbocycles. The predicted octanol–water partition coefficient (Wildman–Crippen LogP) is 4.35. The van der Waals surface area contributed by atoms with Gasteiger partial charge >= 0.3 is 0 Å². The van der Waals surface area contributed by atoms with Gasteiger partial charge in [0, 0.05) is 34.2 Å². The number of hydrogen-bond donors (Lipinski definition) is 1. The van der Waals surface area contributed by atoms with E-state index in [1.807, 2.05) is 37.0 Å². The number of aromatic nitrogens is 2. The van der Waals surface area contributed by atoms with Gasteiger partial charge in [0.25, 0.3) is 0 Å². The van der Waals surface area contributed by atoms with Gasteiger partial charge in [-0.05, 0) is 18.2 Å². The van der Waals surface area contributed by atoms with Crippen LogP contribution in [0.1, 0.15) is 11.3 Å². The fourth-order valence-electron chi connectivity index (χ4n) is 2.05. The van der Waals surface area contributed by atoms with Crippen LogP contribution in [0.4, 0.5) is 5.82 Å². The minimum atomic E-state index is 0.663. The zero-order valence-corrected chi connectivity index (χ0v) is 13.4. The molecule has 0 unspecified atom stereocenters. The van der Waals surface area contributed by atoms with Crippen LogP contribution in [0.25, 0.3) is 11.4 Å². The monoisotopic (exact) mass is 355 g/mol. The number of halogens is 2. The van der Waals surface area contributed by atoms with E-state index in [0.717, 1.165) is 33.1 Å². The van der Waals surface area contributed by atoms with E-state index < -0.39 is 0 Å². The Bertz CT molecular complexity index is 648. The maximum Gasteiger partial charge on any atom is 0.163 e. The van der Waals surface area contributed by atoms with Crippen molar-refractivity contribution in [3.8, 4) is 11.4 Å². The SMILES string of the molecule is CNc1nc(-c2cc(Br)ccc2Cl)nc2c1CSC2. The van der Waals surface area contributed by atoms with Crippen molar-refractivity contribution in [2.24, 2.45) is 0 Å². The summed E-state index contributed by atoms with van der Waals surface area (Å²) in [6.45, 7) is 0. The molecule has 0 saturated heterocycles. The van der Waals surface area contributed by atoms with Crippen LogP contribution in [-0.4, -0.2) is 17.0 Å². The highest BCUT2D eigenvalue weighted by Crippen LogP contribution is 2.36. The number of benzene rings is 1. The molecule has 0 spiro atoms. The zero-order chi connectivity index (χ0) is 13.4. The lowest BCUT2D eigenvalue weighted by Crippen LogP contribution is -2.03. The number of anilines is 1. The third kappa shape index (κ3) is 2.47. The Hall–Kier alpha value is -0.780. The quantitative estimate of drug-likeness (QED) is 0.868. The second-order valence-corrected chi connectivity index (χ2v) is 6.50. The average Bonchev–Trinajstić information content (AvgIpc) is 2.88. The molecule has 0 bridgehead atoms. The van der Waals surface area contributed by atoms with Crippen LogP contribution in [0, 0.1) is 0 Å². The van der Waals surface area contributed by atoms with Gasteiger partial charge < -0.3 is 5.32 Å². The maximum atomic E-state index is 6.25. The number of rotatable bonds is 2. The highest BCUT2D eigenvalue weighted by Gasteiger charge is 2.20. The standard InChI is InChI=1S/C13H11BrClN3S/c1-16-12-9-5-19-6-11(9)17-13(18-12)8-4-7(14)2-3-10(8)15/h2-4H,5-6H2,1H3,(H,16,17,18). The Balaban J connectivity index is 2.18. The highest BCUT2D eigenvalue weighted by atomic mass is 79.9. The second kappa shape index (κ2) is 5.31. The minimum Gasteiger partial charge on any atom is -0.373 e. The number of hydrogen-bond acceptors (Lipinski definition) is 4. The summed E-state index contributed by atoms with van der Waals surface area (Å²) in [6.07, 6.45) is 0. The lowest BCUT2D eigenvalue weighted by atomic mass is 10.2. The number of fused-ring (bicyclic) bond motifs is 1. The smallest absolute Gasteiger partial charge is 0.163 e. The largest absolute Gasteiger partial charge is 0.373 e. The van der Waals surface area contributed by atoms with Gasteiger partial charge in [-0.3, -0.25) is 0 Å². The number of thioether (sulfide) groups is 1. The van der Waals surface area contributed by atoms with Gasteiger partial charge in [0.1, 0.15) is 5.82 Å². The fourth-order valence-corrected chi connectivity index (χ4v) is 3.65. The summed E-state index contributed by atoms with van der Waals surface area (Å²) in [4.78, 5) is 9.25. The molecule has 0 aliphatic carbocycles. The molecule has 19 heavy (non-hydrogen) atoms. The molecule has 3 rings (SSSR count). The van der Waals surface area contributed by atoms with Gasteiger partial charge in [0.2, 0.25) is 0 Å². The first-order chi connectivity index (χ1) is 9.19. The minimum absolute atomic E-state index is 0.663. The van der Waals surface area contributed by atoms with Gasteiger partial charge in [-0.2, -0.15) is 11.8 Å². The molecule has 0 fully saturated rings. The molecular weight excluding hydrogens is 346 g/mol. The van der Waals surface area contributed by atoms with E-state index in [1.165, 1.54) is 5.56 Å². The van der Waals surface area contributed by atoms with Crippen molar-refractivity contribution in [1.29, 1.82) is 0 Å². The van der Waals surface area contributed by atoms with Gasteiger partial charge in [0.05, 0.1) is 10.7 Å². The second-order valence-electron chi connectivity index (χ2n) is 4.19. The maximum absolute atomic E-state index is 6.25. The van der Waals surface area contributed by atoms with Gasteiger partial charge in [0.15, 0.2) is 5.82 Å². The van der Waals surface area contributed by atoms with Crippen molar-refractivity contribution < 1.29 is 0 Å². The molecule has 2 aromatic rings. The van der Waals surface area contributed by atoms with E-state index >= 15 is 0 Å². The summed E-state index contributed by atoms with van der Waals surface area (Å²) < 4.78 is 0.969. The van der Waals surface area contributed by atoms with Gasteiger partial charge in [-0.1, -0.05) is 27.5 Å². The topological polar surface area (TPSA) is 37.8 Å². The van der Waals surface area contributed by atoms with Crippen molar-refractivity contribution in [2.45, 2.75) is 11.5 Å². The predicted molar refractivity (Wildman–Crippen MR) is 84.7 cm³/mol. The molecule has 0 radical (unpaired) electrons. The molecule has 6 heteroatoms. The molecule has 1 aliphatic rings. The Morgan fingerprint density at radius 3 is 2.95 bits per heavy atom. The van der Waals surface area contributed by atoms with Crippen LogP contribution in [0.2, 0.25) is 5.02 Å². The number of nitrogens with zero attached hydrogens (tertiary/aromatic N) is 2. The van der Waals surface area contributed by atoms with Crippen LogP contribution in [0.5, 0.6) is 0 Å². The summed E-state index contributed by atoms with van der Waals surface area (Å²) in [5.74, 6) is 3.49. The highest BCUT2D eigenvalue weighted by molar-refractivity contribution is 9.10. The van der Waals surface area contributed by atoms with Crippen LogP contribution >= 0.6 is 39.3 Å². The Labute approximate surface area is 129 Å². The molecule has 0 amide bonds. The molecule has 0 atom stereocenters. The summed E-state index contributed by atoms with van der Waals surface area (Å²) in [5, 5.41) is 3.82. The first-order valence-electron chi connectivity index (χ1n) is 5.79. The Kier molecular flexibility index (Phi) is 3.69. The van der Waals surface area contributed by atoms with Crippen molar-refractivity contribution in [1.82, 2.24) is 9.97 Å². The van der Waals surface area contributed by atoms with E-state index in [2.05, 4.69) is 31.2 Å². The molecule has 1 aromatic heterocycles. The lowest BCUT2D eigenvalue weighted by Gasteiger charge is -2.10. The van der Waals surface area contributed by atoms with Crippen molar-refractivity contribution in [3.05, 3.63) is 39.0 Å². The molecule has 1 aliphatic heterocycles. The molecule has 98 valence electrons. The van der Waals surface area contributed by atoms with E-state index in [9.17, 15) is 0 Å². The van der Waals surface area contributed by atoms with Crippen molar-refractivity contribution in [3.63, 3.8) is 0 Å². The van der Waals surface area contributed by atoms with Crippen LogP contribution in [0.3, 0.4) is 0 Å². The summed E-state index contributed by atoms with van der Waals surface area (Å²) in [5.41, 5.74) is 3.17. The molecular formula is C13H11BrClN3S. The van der Waals surface area contributed by atoms with Crippen LogP contribution < -0.4 is 5.32 Å². The summed E-state index contributed by atoms with van der Waals surface area (Å²) >= 11 is 11.6. The third-order valence-corrected chi connectivity index (χ3v) is 4.78. The van der Waals surface area contributed by atoms with E-state index in [1.54, 1.807) is 0 Å². The summed E-state index contributed by atoms with van der Waals surface area (Å²) in [7, 11) is 1.89. The summed E-state index contributed by atoms with van der Waals surface area (Å²) in [6, 6.07) is 5.71. The number of nitrogens with one attached hydrogen (secondary N) is 1. The molecule has 0 saturated carbocycles. The Morgan fingerprint density at radius 2 is 2.16 bits per heavy atom. The van der Waals surface area contributed by atoms with Gasteiger partial charge in [-0.15, -0.1) is 0 Å². The van der Waals surface area contributed by atoms with Crippen LogP contribution in [0.15, 0.2) is 22.7 Å². The first-order valence-corrected chi connectivity index (χ1v) is 8.12. The average molecular weight is 357 g/mol. The van der Waals surface area contributed by atoms with E-state index in [4.69, 9.17) is 11.6 Å². The van der Waals surface area contributed by atoms with Crippen LogP contribution in [-0.2, 0) is 11.5 Å². The van der Waals surface area contributed by atoms with Crippen molar-refractivity contribution in [2.75, 3.05) is 12.4 Å². The Morgan fingerprint density at radius 1 is 1.32 bits per heavy atom. The van der Waals surface area contributed by atoms with E-state index in [0.29, 0.717) is 10.8 Å².